The van der Waals surface area contributed by atoms with Gasteiger partial charge in [-0.2, -0.15) is 5.26 Å². The second-order valence-electron chi connectivity index (χ2n) is 8.05. The van der Waals surface area contributed by atoms with Crippen molar-refractivity contribution in [2.45, 2.75) is 13.8 Å². The van der Waals surface area contributed by atoms with Gasteiger partial charge in [-0.05, 0) is 43.2 Å². The Morgan fingerprint density at radius 1 is 1.13 bits per heavy atom. The lowest BCUT2D eigenvalue weighted by Crippen LogP contribution is -3.15. The molecule has 2 heterocycles. The summed E-state index contributed by atoms with van der Waals surface area (Å²) in [5, 5.41) is 20.5. The van der Waals surface area contributed by atoms with E-state index in [0.29, 0.717) is 12.4 Å². The molecule has 4 rings (SSSR count). The number of hydrogen-bond donors (Lipinski definition) is 2. The number of para-hydroxylation sites is 2. The fourth-order valence-electron chi connectivity index (χ4n) is 4.26. The summed E-state index contributed by atoms with van der Waals surface area (Å²) in [7, 11) is 1.88. The number of benzene rings is 2. The molecule has 0 spiro atoms. The predicted molar refractivity (Wildman–Crippen MR) is 120 cm³/mol. The fourth-order valence-corrected chi connectivity index (χ4v) is 4.26. The van der Waals surface area contributed by atoms with Crippen LogP contribution in [0.3, 0.4) is 0 Å². The molecule has 1 saturated heterocycles. The summed E-state index contributed by atoms with van der Waals surface area (Å²) in [4.78, 5) is 8.27. The van der Waals surface area contributed by atoms with E-state index in [0.717, 1.165) is 37.2 Å². The van der Waals surface area contributed by atoms with Crippen LogP contribution in [0.15, 0.2) is 48.2 Å². The zero-order chi connectivity index (χ0) is 21.3. The monoisotopic (exact) mass is 402 g/mol. The van der Waals surface area contributed by atoms with Crippen molar-refractivity contribution >= 4 is 22.3 Å². The molecule has 1 aliphatic rings. The van der Waals surface area contributed by atoms with Crippen LogP contribution in [0.5, 0.6) is 0 Å². The number of aliphatic hydroxyl groups excluding tert-OH is 1. The minimum Gasteiger partial charge on any atom is -0.506 e. The van der Waals surface area contributed by atoms with Gasteiger partial charge in [0.05, 0.1) is 37.2 Å². The predicted octanol–water partition coefficient (Wildman–Crippen LogP) is 2.39. The highest BCUT2D eigenvalue weighted by Crippen LogP contribution is 2.23. The van der Waals surface area contributed by atoms with Crippen molar-refractivity contribution < 1.29 is 10.0 Å². The SMILES string of the molecule is Cc1cccc(N2CC[NH+](C/C(O)=C(\C#N)c3nc4ccccc4n3C)CC2)c1C. The highest BCUT2D eigenvalue weighted by Gasteiger charge is 2.25. The first-order chi connectivity index (χ1) is 14.5. The van der Waals surface area contributed by atoms with E-state index in [-0.39, 0.29) is 11.3 Å². The quantitative estimate of drug-likeness (QED) is 0.519. The Morgan fingerprint density at radius 2 is 1.87 bits per heavy atom. The molecular formula is C24H28N5O+. The van der Waals surface area contributed by atoms with Gasteiger partial charge in [0.1, 0.15) is 18.2 Å². The van der Waals surface area contributed by atoms with Crippen molar-refractivity contribution in [1.82, 2.24) is 9.55 Å². The number of aliphatic hydroxyl groups is 1. The molecule has 0 radical (unpaired) electrons. The van der Waals surface area contributed by atoms with Crippen LogP contribution in [0.1, 0.15) is 17.0 Å². The Labute approximate surface area is 177 Å². The molecule has 0 aliphatic carbocycles. The van der Waals surface area contributed by atoms with Gasteiger partial charge in [0.2, 0.25) is 0 Å². The van der Waals surface area contributed by atoms with Gasteiger partial charge in [0.15, 0.2) is 11.6 Å². The Morgan fingerprint density at radius 3 is 2.57 bits per heavy atom. The van der Waals surface area contributed by atoms with Crippen LogP contribution < -0.4 is 9.80 Å². The third-order valence-electron chi connectivity index (χ3n) is 6.22. The van der Waals surface area contributed by atoms with Gasteiger partial charge in [-0.3, -0.25) is 0 Å². The van der Waals surface area contributed by atoms with Crippen molar-refractivity contribution in [3.05, 3.63) is 65.2 Å². The Hall–Kier alpha value is -3.30. The number of nitrogens with one attached hydrogen (secondary N) is 1. The fraction of sp³-hybridized carbons (Fsp3) is 0.333. The smallest absolute Gasteiger partial charge is 0.169 e. The number of fused-ring (bicyclic) bond motifs is 1. The minimum atomic E-state index is 0.117. The van der Waals surface area contributed by atoms with Crippen LogP contribution in [0.25, 0.3) is 16.6 Å². The van der Waals surface area contributed by atoms with E-state index in [4.69, 9.17) is 0 Å². The maximum Gasteiger partial charge on any atom is 0.169 e. The number of nitrogens with zero attached hydrogens (tertiary/aromatic N) is 4. The van der Waals surface area contributed by atoms with Gasteiger partial charge in [-0.15, -0.1) is 0 Å². The topological polar surface area (TPSA) is 69.5 Å². The number of piperazine rings is 1. The summed E-state index contributed by atoms with van der Waals surface area (Å²) in [5.41, 5.74) is 5.97. The number of aryl methyl sites for hydroxylation is 2. The van der Waals surface area contributed by atoms with Crippen LogP contribution in [-0.2, 0) is 7.05 Å². The Bertz CT molecular complexity index is 1150. The maximum atomic E-state index is 10.8. The molecule has 0 amide bonds. The van der Waals surface area contributed by atoms with Gasteiger partial charge < -0.3 is 19.5 Å². The zero-order valence-electron chi connectivity index (χ0n) is 17.8. The number of rotatable bonds is 4. The number of imidazole rings is 1. The van der Waals surface area contributed by atoms with Crippen LogP contribution in [-0.4, -0.2) is 47.4 Å². The van der Waals surface area contributed by atoms with Crippen LogP contribution in [0.4, 0.5) is 5.69 Å². The summed E-state index contributed by atoms with van der Waals surface area (Å²) in [6.45, 7) is 8.45. The maximum absolute atomic E-state index is 10.8. The first-order valence-corrected chi connectivity index (χ1v) is 10.4. The minimum absolute atomic E-state index is 0.117. The van der Waals surface area contributed by atoms with Gasteiger partial charge in [-0.1, -0.05) is 24.3 Å². The van der Waals surface area contributed by atoms with E-state index in [9.17, 15) is 10.4 Å². The number of quaternary nitrogens is 1. The first kappa shape index (κ1) is 20.0. The summed E-state index contributed by atoms with van der Waals surface area (Å²) in [6.07, 6.45) is 0. The second-order valence-corrected chi connectivity index (χ2v) is 8.05. The summed E-state index contributed by atoms with van der Waals surface area (Å²) in [5.74, 6) is 0.635. The molecule has 2 N–H and O–H groups in total. The van der Waals surface area contributed by atoms with Crippen molar-refractivity contribution in [2.24, 2.45) is 7.05 Å². The molecule has 3 aromatic rings. The number of anilines is 1. The molecule has 2 aromatic carbocycles. The second kappa shape index (κ2) is 8.21. The molecule has 0 atom stereocenters. The van der Waals surface area contributed by atoms with Gasteiger partial charge in [0, 0.05) is 12.7 Å². The van der Waals surface area contributed by atoms with Gasteiger partial charge in [0.25, 0.3) is 0 Å². The van der Waals surface area contributed by atoms with Crippen molar-refractivity contribution in [3.8, 4) is 6.07 Å². The molecule has 1 aliphatic heterocycles. The molecule has 6 nitrogen and oxygen atoms in total. The summed E-state index contributed by atoms with van der Waals surface area (Å²) >= 11 is 0. The largest absolute Gasteiger partial charge is 0.506 e. The molecular weight excluding hydrogens is 374 g/mol. The van der Waals surface area contributed by atoms with E-state index in [1.807, 2.05) is 35.9 Å². The highest BCUT2D eigenvalue weighted by atomic mass is 16.3. The molecule has 30 heavy (non-hydrogen) atoms. The van der Waals surface area contributed by atoms with Crippen LogP contribution >= 0.6 is 0 Å². The molecule has 6 heteroatoms. The third kappa shape index (κ3) is 3.64. The van der Waals surface area contributed by atoms with Gasteiger partial charge in [-0.25, -0.2) is 4.98 Å². The van der Waals surface area contributed by atoms with Crippen molar-refractivity contribution in [1.29, 1.82) is 5.26 Å². The highest BCUT2D eigenvalue weighted by molar-refractivity contribution is 5.83. The van der Waals surface area contributed by atoms with Crippen LogP contribution in [0, 0.1) is 25.2 Å². The van der Waals surface area contributed by atoms with Crippen molar-refractivity contribution in [3.63, 3.8) is 0 Å². The van der Waals surface area contributed by atoms with E-state index in [1.54, 1.807) is 0 Å². The first-order valence-electron chi connectivity index (χ1n) is 10.4. The third-order valence-corrected chi connectivity index (χ3v) is 6.22. The Balaban J connectivity index is 1.50. The molecule has 0 saturated carbocycles. The summed E-state index contributed by atoms with van der Waals surface area (Å²) in [6, 6.07) is 16.4. The lowest BCUT2D eigenvalue weighted by molar-refractivity contribution is -0.897. The van der Waals surface area contributed by atoms with E-state index < -0.39 is 0 Å². The van der Waals surface area contributed by atoms with E-state index >= 15 is 0 Å². The normalized spacial score (nSPS) is 15.9. The molecule has 1 fully saturated rings. The molecule has 0 unspecified atom stereocenters. The lowest BCUT2D eigenvalue weighted by atomic mass is 10.1. The van der Waals surface area contributed by atoms with Crippen LogP contribution in [0.2, 0.25) is 0 Å². The Kier molecular flexibility index (Phi) is 5.47. The number of nitriles is 1. The van der Waals surface area contributed by atoms with Gasteiger partial charge >= 0.3 is 0 Å². The average Bonchev–Trinajstić information content (AvgIpc) is 3.08. The standard InChI is InChI=1S/C24H27N5O/c1-17-7-6-10-21(18(17)2)29-13-11-28(12-14-29)16-23(30)19(15-25)24-26-20-8-4-5-9-22(20)27(24)3/h4-10,30H,11-14,16H2,1-3H3/p+1/b23-19-. The number of hydrogen-bond acceptors (Lipinski definition) is 4. The summed E-state index contributed by atoms with van der Waals surface area (Å²) < 4.78 is 1.87. The molecule has 154 valence electrons. The zero-order valence-corrected chi connectivity index (χ0v) is 17.8. The lowest BCUT2D eigenvalue weighted by Gasteiger charge is -2.34. The number of allylic oxidation sites excluding steroid dienone is 1. The average molecular weight is 403 g/mol. The van der Waals surface area contributed by atoms with E-state index in [1.165, 1.54) is 21.7 Å². The molecule has 0 bridgehead atoms. The van der Waals surface area contributed by atoms with Crippen molar-refractivity contribution in [2.75, 3.05) is 37.6 Å². The van der Waals surface area contributed by atoms with E-state index in [2.05, 4.69) is 48.0 Å². The molecule has 1 aromatic heterocycles. The number of aromatic nitrogens is 2.